The van der Waals surface area contributed by atoms with E-state index in [0.29, 0.717) is 5.82 Å². The number of para-hydroxylation sites is 2. The predicted molar refractivity (Wildman–Crippen MR) is 210 cm³/mol. The Bertz CT molecular complexity index is 2680. The number of aromatic nitrogens is 2. The SMILES string of the molecule is c1ccc(-c2cccc(-c3nc(-c4cccc5c4Oc4ccccc4C5(c4ccccc4)c4ccccc4)nc4c3sc3ccccc34)c2)cc1. The molecule has 1 aliphatic rings. The molecule has 0 spiro atoms. The number of hydrogen-bond donors (Lipinski definition) is 0. The molecule has 4 heteroatoms. The Balaban J connectivity index is 1.27. The van der Waals surface area contributed by atoms with Crippen LogP contribution in [-0.4, -0.2) is 9.97 Å². The van der Waals surface area contributed by atoms with Crippen LogP contribution in [0.3, 0.4) is 0 Å². The molecule has 7 aromatic carbocycles. The van der Waals surface area contributed by atoms with Crippen molar-refractivity contribution in [1.82, 2.24) is 9.97 Å². The van der Waals surface area contributed by atoms with Gasteiger partial charge in [-0.3, -0.25) is 0 Å². The van der Waals surface area contributed by atoms with Gasteiger partial charge in [0.05, 0.1) is 26.9 Å². The van der Waals surface area contributed by atoms with Crippen LogP contribution < -0.4 is 4.74 Å². The van der Waals surface area contributed by atoms with Gasteiger partial charge in [0.25, 0.3) is 0 Å². The summed E-state index contributed by atoms with van der Waals surface area (Å²) in [5.74, 6) is 2.23. The van der Waals surface area contributed by atoms with Crippen LogP contribution in [0.5, 0.6) is 11.5 Å². The lowest BCUT2D eigenvalue weighted by Crippen LogP contribution is -2.34. The first-order chi connectivity index (χ1) is 25.3. The molecule has 9 aromatic rings. The van der Waals surface area contributed by atoms with Crippen molar-refractivity contribution >= 4 is 31.6 Å². The van der Waals surface area contributed by atoms with Crippen LogP contribution in [0.2, 0.25) is 0 Å². The highest BCUT2D eigenvalue weighted by atomic mass is 32.1. The van der Waals surface area contributed by atoms with Crippen molar-refractivity contribution in [3.63, 3.8) is 0 Å². The van der Waals surface area contributed by atoms with Crippen LogP contribution >= 0.6 is 11.3 Å². The molecule has 3 nitrogen and oxygen atoms in total. The van der Waals surface area contributed by atoms with Crippen LogP contribution in [0.25, 0.3) is 54.1 Å². The molecule has 1 aliphatic heterocycles. The van der Waals surface area contributed by atoms with Crippen molar-refractivity contribution in [1.29, 1.82) is 0 Å². The highest BCUT2D eigenvalue weighted by Gasteiger charge is 2.46. The Labute approximate surface area is 300 Å². The van der Waals surface area contributed by atoms with Crippen LogP contribution in [0.15, 0.2) is 182 Å². The average Bonchev–Trinajstić information content (AvgIpc) is 3.59. The zero-order valence-electron chi connectivity index (χ0n) is 27.5. The third-order valence-electron chi connectivity index (χ3n) is 10.0. The minimum Gasteiger partial charge on any atom is -0.456 e. The van der Waals surface area contributed by atoms with Gasteiger partial charge in [-0.25, -0.2) is 9.97 Å². The van der Waals surface area contributed by atoms with Crippen LogP contribution in [0.4, 0.5) is 0 Å². The summed E-state index contributed by atoms with van der Waals surface area (Å²) in [6, 6.07) is 64.1. The van der Waals surface area contributed by atoms with E-state index in [9.17, 15) is 0 Å². The smallest absolute Gasteiger partial charge is 0.164 e. The number of hydrogen-bond acceptors (Lipinski definition) is 4. The molecule has 10 rings (SSSR count). The van der Waals surface area contributed by atoms with Crippen LogP contribution in [-0.2, 0) is 5.41 Å². The normalized spacial score (nSPS) is 13.0. The molecule has 0 amide bonds. The van der Waals surface area contributed by atoms with E-state index in [1.807, 2.05) is 6.07 Å². The molecule has 0 radical (unpaired) electrons. The molecule has 0 saturated carbocycles. The summed E-state index contributed by atoms with van der Waals surface area (Å²) in [6.45, 7) is 0. The van der Waals surface area contributed by atoms with Crippen molar-refractivity contribution in [2.45, 2.75) is 5.41 Å². The number of fused-ring (bicyclic) bond motifs is 5. The van der Waals surface area contributed by atoms with Gasteiger partial charge in [-0.2, -0.15) is 0 Å². The monoisotopic (exact) mass is 670 g/mol. The highest BCUT2D eigenvalue weighted by molar-refractivity contribution is 7.26. The van der Waals surface area contributed by atoms with Gasteiger partial charge < -0.3 is 4.74 Å². The maximum absolute atomic E-state index is 6.99. The molecule has 0 aliphatic carbocycles. The molecule has 0 saturated heterocycles. The van der Waals surface area contributed by atoms with E-state index in [2.05, 4.69) is 176 Å². The minimum atomic E-state index is -0.630. The summed E-state index contributed by atoms with van der Waals surface area (Å²) in [5.41, 5.74) is 9.97. The fraction of sp³-hybridized carbons (Fsp3) is 0.0213. The Morgan fingerprint density at radius 2 is 1.10 bits per heavy atom. The van der Waals surface area contributed by atoms with E-state index in [0.717, 1.165) is 60.6 Å². The molecule has 0 unspecified atom stereocenters. The number of nitrogens with zero attached hydrogens (tertiary/aromatic N) is 2. The maximum Gasteiger partial charge on any atom is 0.164 e. The lowest BCUT2D eigenvalue weighted by atomic mass is 9.63. The molecule has 240 valence electrons. The molecule has 2 aromatic heterocycles. The lowest BCUT2D eigenvalue weighted by molar-refractivity contribution is 0.436. The molecule has 0 bridgehead atoms. The number of ether oxygens (including phenoxy) is 1. The van der Waals surface area contributed by atoms with E-state index in [-0.39, 0.29) is 0 Å². The number of thiophene rings is 1. The third-order valence-corrected chi connectivity index (χ3v) is 11.2. The topological polar surface area (TPSA) is 35.0 Å². The van der Waals surface area contributed by atoms with Crippen molar-refractivity contribution < 1.29 is 4.74 Å². The van der Waals surface area contributed by atoms with Gasteiger partial charge in [0, 0.05) is 26.8 Å². The van der Waals surface area contributed by atoms with E-state index in [1.165, 1.54) is 21.4 Å². The van der Waals surface area contributed by atoms with Gasteiger partial charge in [-0.05, 0) is 46.5 Å². The Morgan fingerprint density at radius 1 is 0.490 bits per heavy atom. The molecule has 0 fully saturated rings. The zero-order valence-corrected chi connectivity index (χ0v) is 28.3. The fourth-order valence-corrected chi connectivity index (χ4v) is 8.94. The summed E-state index contributed by atoms with van der Waals surface area (Å²) >= 11 is 1.75. The van der Waals surface area contributed by atoms with Crippen LogP contribution in [0.1, 0.15) is 22.3 Å². The standard InChI is InChI=1S/C47H30N2OS/c1-4-16-31(17-5-1)32-18-14-19-33(30-32)42-45-43(36-24-10-13-29-41(36)51-45)49-46(48-42)37-25-15-27-39-44(37)50-40-28-12-11-26-38(40)47(39,34-20-6-2-7-21-34)35-22-8-3-9-23-35/h1-30H. The van der Waals surface area contributed by atoms with Crippen molar-refractivity contribution in [2.75, 3.05) is 0 Å². The van der Waals surface area contributed by atoms with Gasteiger partial charge in [0.1, 0.15) is 11.5 Å². The summed E-state index contributed by atoms with van der Waals surface area (Å²) in [6.07, 6.45) is 0. The quantitative estimate of drug-likeness (QED) is 0.183. The van der Waals surface area contributed by atoms with Crippen molar-refractivity contribution in [2.24, 2.45) is 0 Å². The van der Waals surface area contributed by atoms with Gasteiger partial charge >= 0.3 is 0 Å². The summed E-state index contributed by atoms with van der Waals surface area (Å²) < 4.78 is 9.25. The fourth-order valence-electron chi connectivity index (χ4n) is 7.79. The first-order valence-electron chi connectivity index (χ1n) is 17.2. The summed E-state index contributed by atoms with van der Waals surface area (Å²) in [7, 11) is 0. The number of rotatable bonds is 5. The van der Waals surface area contributed by atoms with Gasteiger partial charge in [0.2, 0.25) is 0 Å². The van der Waals surface area contributed by atoms with Gasteiger partial charge in [-0.15, -0.1) is 11.3 Å². The van der Waals surface area contributed by atoms with E-state index < -0.39 is 5.41 Å². The molecule has 3 heterocycles. The highest BCUT2D eigenvalue weighted by Crippen LogP contribution is 2.57. The number of benzene rings is 7. The molecular formula is C47H30N2OS. The molecule has 51 heavy (non-hydrogen) atoms. The van der Waals surface area contributed by atoms with Crippen molar-refractivity contribution in [3.05, 3.63) is 204 Å². The van der Waals surface area contributed by atoms with E-state index in [1.54, 1.807) is 11.3 Å². The largest absolute Gasteiger partial charge is 0.456 e. The second-order valence-electron chi connectivity index (χ2n) is 12.9. The average molecular weight is 671 g/mol. The van der Waals surface area contributed by atoms with Crippen molar-refractivity contribution in [3.8, 4) is 45.3 Å². The maximum atomic E-state index is 6.99. The second kappa shape index (κ2) is 11.9. The molecular weight excluding hydrogens is 641 g/mol. The summed E-state index contributed by atoms with van der Waals surface area (Å²) in [5, 5.41) is 1.13. The molecule has 0 N–H and O–H groups in total. The van der Waals surface area contributed by atoms with Gasteiger partial charge in [0.15, 0.2) is 5.82 Å². The Hall–Kier alpha value is -6.36. The third kappa shape index (κ3) is 4.64. The Kier molecular flexibility index (Phi) is 6.90. The minimum absolute atomic E-state index is 0.630. The molecule has 0 atom stereocenters. The first-order valence-corrected chi connectivity index (χ1v) is 18.0. The van der Waals surface area contributed by atoms with E-state index >= 15 is 0 Å². The van der Waals surface area contributed by atoms with E-state index in [4.69, 9.17) is 14.7 Å². The zero-order chi connectivity index (χ0) is 33.8. The van der Waals surface area contributed by atoms with Gasteiger partial charge in [-0.1, -0.05) is 158 Å². The predicted octanol–water partition coefficient (Wildman–Crippen LogP) is 12.3. The Morgan fingerprint density at radius 3 is 1.88 bits per heavy atom. The second-order valence-corrected chi connectivity index (χ2v) is 13.9. The lowest BCUT2D eigenvalue weighted by Gasteiger charge is -2.42. The summed E-state index contributed by atoms with van der Waals surface area (Å²) in [4.78, 5) is 10.8. The van der Waals surface area contributed by atoms with Crippen LogP contribution in [0, 0.1) is 0 Å². The first kappa shape index (κ1) is 29.5.